The molecule has 2 heterocycles. The number of carbonyl (C=O) groups excluding carboxylic acids is 1. The van der Waals surface area contributed by atoms with E-state index in [9.17, 15) is 4.79 Å². The van der Waals surface area contributed by atoms with Gasteiger partial charge in [-0.25, -0.2) is 4.98 Å². The molecule has 3 aromatic rings. The predicted octanol–water partition coefficient (Wildman–Crippen LogP) is 6.33. The van der Waals surface area contributed by atoms with Crippen molar-refractivity contribution >= 4 is 50.4 Å². The number of rotatable bonds is 5. The fourth-order valence-corrected chi connectivity index (χ4v) is 5.50. The molecule has 0 saturated heterocycles. The van der Waals surface area contributed by atoms with Crippen LogP contribution in [0, 0.1) is 11.3 Å². The number of benzene rings is 1. The van der Waals surface area contributed by atoms with Crippen molar-refractivity contribution in [1.29, 1.82) is 0 Å². The van der Waals surface area contributed by atoms with Crippen molar-refractivity contribution in [3.8, 4) is 5.75 Å². The standard InChI is InChI=1S/C24H28ClN3O2S/c1-5-24(2,3)14-6-8-18-13(10-14)11-16-20(26)21(31-23(16)28-18)22(29)27-15-7-9-19(30-4)17(25)12-15/h7,9,11-12,14H,5-6,8,10,26H2,1-4H3,(H,27,29). The molecule has 164 valence electrons. The van der Waals surface area contributed by atoms with Crippen LogP contribution in [0.2, 0.25) is 5.02 Å². The lowest BCUT2D eigenvalue weighted by Gasteiger charge is -2.36. The van der Waals surface area contributed by atoms with Gasteiger partial charge in [-0.15, -0.1) is 11.3 Å². The molecule has 4 rings (SSSR count). The van der Waals surface area contributed by atoms with Gasteiger partial charge in [-0.05, 0) is 60.4 Å². The lowest BCUT2D eigenvalue weighted by atomic mass is 9.69. The second-order valence-corrected chi connectivity index (χ2v) is 10.3. The summed E-state index contributed by atoms with van der Waals surface area (Å²) < 4.78 is 5.16. The highest BCUT2D eigenvalue weighted by atomic mass is 35.5. The molecular weight excluding hydrogens is 430 g/mol. The maximum atomic E-state index is 12.9. The number of halogens is 1. The van der Waals surface area contributed by atoms with Crippen LogP contribution >= 0.6 is 22.9 Å². The van der Waals surface area contributed by atoms with Crippen LogP contribution in [0.1, 0.15) is 54.5 Å². The Morgan fingerprint density at radius 1 is 1.39 bits per heavy atom. The molecule has 31 heavy (non-hydrogen) atoms. The number of aryl methyl sites for hydroxylation is 1. The van der Waals surface area contributed by atoms with Crippen molar-refractivity contribution < 1.29 is 9.53 Å². The quantitative estimate of drug-likeness (QED) is 0.469. The Balaban J connectivity index is 1.62. The van der Waals surface area contributed by atoms with Crippen molar-refractivity contribution in [1.82, 2.24) is 4.98 Å². The monoisotopic (exact) mass is 457 g/mol. The third-order valence-corrected chi connectivity index (χ3v) is 8.13. The topological polar surface area (TPSA) is 77.2 Å². The molecule has 1 amide bonds. The van der Waals surface area contributed by atoms with Gasteiger partial charge < -0.3 is 15.8 Å². The first-order valence-electron chi connectivity index (χ1n) is 10.6. The third kappa shape index (κ3) is 4.11. The second-order valence-electron chi connectivity index (χ2n) is 8.88. The molecule has 0 radical (unpaired) electrons. The van der Waals surface area contributed by atoms with Crippen molar-refractivity contribution in [3.63, 3.8) is 0 Å². The number of carbonyl (C=O) groups is 1. The van der Waals surface area contributed by atoms with E-state index in [1.807, 2.05) is 0 Å². The van der Waals surface area contributed by atoms with Crippen LogP contribution in [0.15, 0.2) is 24.3 Å². The molecule has 2 aromatic heterocycles. The summed E-state index contributed by atoms with van der Waals surface area (Å²) in [7, 11) is 1.55. The summed E-state index contributed by atoms with van der Waals surface area (Å²) in [6.07, 6.45) is 4.30. The molecule has 0 aliphatic heterocycles. The van der Waals surface area contributed by atoms with Crippen LogP contribution in [0.25, 0.3) is 10.2 Å². The van der Waals surface area contributed by atoms with Gasteiger partial charge in [0.2, 0.25) is 0 Å². The van der Waals surface area contributed by atoms with Crippen LogP contribution in [0.5, 0.6) is 5.75 Å². The van der Waals surface area contributed by atoms with E-state index in [0.29, 0.717) is 38.4 Å². The molecule has 0 spiro atoms. The minimum Gasteiger partial charge on any atom is -0.495 e. The predicted molar refractivity (Wildman–Crippen MR) is 130 cm³/mol. The molecule has 5 nitrogen and oxygen atoms in total. The summed E-state index contributed by atoms with van der Waals surface area (Å²) in [5.74, 6) is 0.928. The van der Waals surface area contributed by atoms with Gasteiger partial charge >= 0.3 is 0 Å². The fraction of sp³-hybridized carbons (Fsp3) is 0.417. The molecule has 0 saturated carbocycles. The van der Waals surface area contributed by atoms with E-state index in [4.69, 9.17) is 27.1 Å². The molecule has 0 bridgehead atoms. The molecule has 1 atom stereocenters. The van der Waals surface area contributed by atoms with Crippen molar-refractivity contribution in [2.45, 2.75) is 46.5 Å². The van der Waals surface area contributed by atoms with Gasteiger partial charge in [0.1, 0.15) is 15.5 Å². The second kappa shape index (κ2) is 8.32. The first kappa shape index (κ1) is 21.9. The van der Waals surface area contributed by atoms with E-state index < -0.39 is 0 Å². The van der Waals surface area contributed by atoms with Crippen molar-refractivity contribution in [3.05, 3.63) is 45.4 Å². The number of nitrogen functional groups attached to an aromatic ring is 1. The van der Waals surface area contributed by atoms with Gasteiger partial charge in [0.05, 0.1) is 17.8 Å². The zero-order valence-electron chi connectivity index (χ0n) is 18.3. The first-order valence-corrected chi connectivity index (χ1v) is 11.8. The van der Waals surface area contributed by atoms with E-state index in [0.717, 1.165) is 41.6 Å². The SMILES string of the molecule is CCC(C)(C)C1CCc2nc3sc(C(=O)Nc4ccc(OC)c(Cl)c4)c(N)c3cc2C1. The Bertz CT molecular complexity index is 1160. The van der Waals surface area contributed by atoms with Gasteiger partial charge in [0.15, 0.2) is 0 Å². The van der Waals surface area contributed by atoms with Crippen molar-refractivity contribution in [2.75, 3.05) is 18.2 Å². The highest BCUT2D eigenvalue weighted by Gasteiger charge is 2.32. The van der Waals surface area contributed by atoms with Crippen LogP contribution < -0.4 is 15.8 Å². The van der Waals surface area contributed by atoms with E-state index >= 15 is 0 Å². The highest BCUT2D eigenvalue weighted by Crippen LogP contribution is 2.42. The Morgan fingerprint density at radius 2 is 2.16 bits per heavy atom. The maximum Gasteiger partial charge on any atom is 0.267 e. The Kier molecular flexibility index (Phi) is 5.88. The molecule has 1 aliphatic carbocycles. The minimum absolute atomic E-state index is 0.260. The zero-order valence-corrected chi connectivity index (χ0v) is 19.9. The highest BCUT2D eigenvalue weighted by molar-refractivity contribution is 7.21. The third-order valence-electron chi connectivity index (χ3n) is 6.72. The average Bonchev–Trinajstić information content (AvgIpc) is 3.07. The van der Waals surface area contributed by atoms with E-state index in [1.165, 1.54) is 16.9 Å². The van der Waals surface area contributed by atoms with E-state index in [-0.39, 0.29) is 5.91 Å². The van der Waals surface area contributed by atoms with Crippen LogP contribution in [0.3, 0.4) is 0 Å². The molecule has 1 unspecified atom stereocenters. The number of nitrogens with zero attached hydrogens (tertiary/aromatic N) is 1. The van der Waals surface area contributed by atoms with Crippen LogP contribution in [0.4, 0.5) is 11.4 Å². The molecule has 1 aromatic carbocycles. The van der Waals surface area contributed by atoms with Crippen LogP contribution in [-0.4, -0.2) is 18.0 Å². The number of nitrogens with one attached hydrogen (secondary N) is 1. The summed E-state index contributed by atoms with van der Waals surface area (Å²) >= 11 is 7.51. The number of pyridine rings is 1. The molecule has 3 N–H and O–H groups in total. The van der Waals surface area contributed by atoms with E-state index in [1.54, 1.807) is 25.3 Å². The lowest BCUT2D eigenvalue weighted by molar-refractivity contribution is 0.103. The number of amides is 1. The van der Waals surface area contributed by atoms with Gasteiger partial charge in [0.25, 0.3) is 5.91 Å². The van der Waals surface area contributed by atoms with Gasteiger partial charge in [0, 0.05) is 16.8 Å². The maximum absolute atomic E-state index is 12.9. The largest absolute Gasteiger partial charge is 0.495 e. The van der Waals surface area contributed by atoms with Crippen LogP contribution in [-0.2, 0) is 12.8 Å². The number of anilines is 2. The molecular formula is C24H28ClN3O2S. The Labute approximate surface area is 192 Å². The zero-order chi connectivity index (χ0) is 22.3. The number of hydrogen-bond acceptors (Lipinski definition) is 5. The summed E-state index contributed by atoms with van der Waals surface area (Å²) in [6, 6.07) is 7.28. The number of methoxy groups -OCH3 is 1. The van der Waals surface area contributed by atoms with Gasteiger partial charge in [-0.1, -0.05) is 38.8 Å². The lowest BCUT2D eigenvalue weighted by Crippen LogP contribution is -2.29. The normalized spacial score (nSPS) is 16.2. The number of thiophene rings is 1. The van der Waals surface area contributed by atoms with Gasteiger partial charge in [-0.2, -0.15) is 0 Å². The minimum atomic E-state index is -0.260. The summed E-state index contributed by atoms with van der Waals surface area (Å²) in [6.45, 7) is 6.96. The summed E-state index contributed by atoms with van der Waals surface area (Å²) in [4.78, 5) is 19.1. The molecule has 0 fully saturated rings. The number of fused-ring (bicyclic) bond motifs is 2. The van der Waals surface area contributed by atoms with Crippen molar-refractivity contribution in [2.24, 2.45) is 11.3 Å². The molecule has 1 aliphatic rings. The Morgan fingerprint density at radius 3 is 2.84 bits per heavy atom. The number of aromatic nitrogens is 1. The summed E-state index contributed by atoms with van der Waals surface area (Å²) in [5.41, 5.74) is 10.2. The fourth-order valence-electron chi connectivity index (χ4n) is 4.25. The smallest absolute Gasteiger partial charge is 0.267 e. The summed E-state index contributed by atoms with van der Waals surface area (Å²) in [5, 5.41) is 4.19. The molecule has 7 heteroatoms. The number of nitrogens with two attached hydrogens (primary N) is 1. The average molecular weight is 458 g/mol. The number of hydrogen-bond donors (Lipinski definition) is 2. The van der Waals surface area contributed by atoms with Gasteiger partial charge in [-0.3, -0.25) is 4.79 Å². The Hall–Kier alpha value is -2.31. The number of ether oxygens (including phenoxy) is 1. The first-order chi connectivity index (χ1) is 14.7. The van der Waals surface area contributed by atoms with E-state index in [2.05, 4.69) is 32.2 Å².